The first-order valence-electron chi connectivity index (χ1n) is 6.28. The molecule has 0 heterocycles. The number of carbonyl (C=O) groups excluding carboxylic acids is 2. The van der Waals surface area contributed by atoms with Crippen molar-refractivity contribution in [3.8, 4) is 0 Å². The lowest BCUT2D eigenvalue weighted by Crippen LogP contribution is -2.30. The molecule has 0 aromatic heterocycles. The highest BCUT2D eigenvalue weighted by molar-refractivity contribution is 5.97. The maximum atomic E-state index is 13.9. The van der Waals surface area contributed by atoms with Crippen molar-refractivity contribution >= 4 is 17.5 Å². The van der Waals surface area contributed by atoms with Crippen molar-refractivity contribution < 1.29 is 27.2 Å². The number of nitrogens with one attached hydrogen (secondary N) is 1. The standard InChI is InChI=1S/C14H16F4N2O2/c1-14(2,3)13(22)19-11-9(17)7(15)6(8(16)10(11)18)12(21)20(4)5/h1-5H3,(H,19,22). The van der Waals surface area contributed by atoms with E-state index in [-0.39, 0.29) is 0 Å². The fourth-order valence-electron chi connectivity index (χ4n) is 1.45. The first-order valence-corrected chi connectivity index (χ1v) is 6.28. The van der Waals surface area contributed by atoms with Crippen LogP contribution in [0.1, 0.15) is 31.1 Å². The van der Waals surface area contributed by atoms with Gasteiger partial charge in [0.15, 0.2) is 23.3 Å². The Morgan fingerprint density at radius 1 is 0.909 bits per heavy atom. The van der Waals surface area contributed by atoms with E-state index in [0.29, 0.717) is 0 Å². The smallest absolute Gasteiger partial charge is 0.259 e. The molecule has 0 aliphatic carbocycles. The number of hydrogen-bond donors (Lipinski definition) is 1. The third-order valence-corrected chi connectivity index (χ3v) is 2.80. The minimum atomic E-state index is -1.86. The summed E-state index contributed by atoms with van der Waals surface area (Å²) in [6.07, 6.45) is 0. The van der Waals surface area contributed by atoms with Gasteiger partial charge in [-0.1, -0.05) is 20.8 Å². The van der Waals surface area contributed by atoms with Crippen LogP contribution in [0.15, 0.2) is 0 Å². The Labute approximate surface area is 125 Å². The summed E-state index contributed by atoms with van der Waals surface area (Å²) in [6, 6.07) is 0. The normalized spacial score (nSPS) is 11.3. The number of carbonyl (C=O) groups is 2. The molecule has 0 saturated heterocycles. The van der Waals surface area contributed by atoms with Crippen LogP contribution in [0, 0.1) is 28.7 Å². The summed E-state index contributed by atoms with van der Waals surface area (Å²) < 4.78 is 55.6. The van der Waals surface area contributed by atoms with Crippen LogP contribution in [-0.4, -0.2) is 30.8 Å². The topological polar surface area (TPSA) is 49.4 Å². The summed E-state index contributed by atoms with van der Waals surface area (Å²) in [6.45, 7) is 4.36. The van der Waals surface area contributed by atoms with Crippen molar-refractivity contribution in [2.45, 2.75) is 20.8 Å². The number of anilines is 1. The monoisotopic (exact) mass is 320 g/mol. The molecule has 4 nitrogen and oxygen atoms in total. The van der Waals surface area contributed by atoms with Crippen LogP contribution in [0.2, 0.25) is 0 Å². The van der Waals surface area contributed by atoms with Crippen LogP contribution in [0.3, 0.4) is 0 Å². The highest BCUT2D eigenvalue weighted by atomic mass is 19.2. The second-order valence-corrected chi connectivity index (χ2v) is 5.91. The number of amides is 2. The van der Waals surface area contributed by atoms with Gasteiger partial charge in [0.25, 0.3) is 5.91 Å². The molecule has 0 spiro atoms. The lowest BCUT2D eigenvalue weighted by molar-refractivity contribution is -0.123. The Morgan fingerprint density at radius 3 is 1.64 bits per heavy atom. The van der Waals surface area contributed by atoms with E-state index >= 15 is 0 Å². The van der Waals surface area contributed by atoms with E-state index in [1.807, 2.05) is 0 Å². The van der Waals surface area contributed by atoms with E-state index in [1.54, 1.807) is 5.32 Å². The fraction of sp³-hybridized carbons (Fsp3) is 0.429. The third-order valence-electron chi connectivity index (χ3n) is 2.80. The molecule has 0 saturated carbocycles. The molecule has 1 rings (SSSR count). The molecule has 2 amide bonds. The zero-order chi connectivity index (χ0) is 17.4. The van der Waals surface area contributed by atoms with Crippen molar-refractivity contribution in [3.63, 3.8) is 0 Å². The number of nitrogens with zero attached hydrogens (tertiary/aromatic N) is 1. The predicted molar refractivity (Wildman–Crippen MR) is 72.4 cm³/mol. The molecule has 0 bridgehead atoms. The average Bonchev–Trinajstić information content (AvgIpc) is 2.40. The highest BCUT2D eigenvalue weighted by Gasteiger charge is 2.32. The van der Waals surface area contributed by atoms with E-state index in [9.17, 15) is 27.2 Å². The molecular formula is C14H16F4N2O2. The molecule has 1 aromatic rings. The SMILES string of the molecule is CN(C)C(=O)c1c(F)c(F)c(NC(=O)C(C)(C)C)c(F)c1F. The van der Waals surface area contributed by atoms with Gasteiger partial charge < -0.3 is 10.2 Å². The van der Waals surface area contributed by atoms with Crippen molar-refractivity contribution in [2.24, 2.45) is 5.41 Å². The lowest BCUT2D eigenvalue weighted by Gasteiger charge is -2.19. The van der Waals surface area contributed by atoms with Crippen LogP contribution < -0.4 is 5.32 Å². The Kier molecular flexibility index (Phi) is 4.84. The second kappa shape index (κ2) is 5.94. The molecule has 0 radical (unpaired) electrons. The van der Waals surface area contributed by atoms with Crippen LogP contribution in [0.4, 0.5) is 23.2 Å². The first kappa shape index (κ1) is 17.9. The zero-order valence-corrected chi connectivity index (χ0v) is 12.8. The van der Waals surface area contributed by atoms with Gasteiger partial charge in [-0.25, -0.2) is 17.6 Å². The van der Waals surface area contributed by atoms with Crippen LogP contribution in [0.25, 0.3) is 0 Å². The summed E-state index contributed by atoms with van der Waals surface area (Å²) in [5, 5.41) is 1.80. The molecule has 0 aliphatic heterocycles. The Bertz CT molecular complexity index is 608. The van der Waals surface area contributed by atoms with Crippen molar-refractivity contribution in [3.05, 3.63) is 28.8 Å². The van der Waals surface area contributed by atoms with Crippen LogP contribution in [0.5, 0.6) is 0 Å². The summed E-state index contributed by atoms with van der Waals surface area (Å²) in [7, 11) is 2.35. The maximum absolute atomic E-state index is 13.9. The van der Waals surface area contributed by atoms with Gasteiger partial charge in [0.1, 0.15) is 11.3 Å². The van der Waals surface area contributed by atoms with Gasteiger partial charge in [-0.05, 0) is 0 Å². The largest absolute Gasteiger partial charge is 0.345 e. The van der Waals surface area contributed by atoms with E-state index in [4.69, 9.17) is 0 Å². The second-order valence-electron chi connectivity index (χ2n) is 5.91. The summed E-state index contributed by atoms with van der Waals surface area (Å²) >= 11 is 0. The quantitative estimate of drug-likeness (QED) is 0.673. The number of benzene rings is 1. The predicted octanol–water partition coefficient (Wildman–Crippen LogP) is 2.93. The van der Waals surface area contributed by atoms with Crippen molar-refractivity contribution in [1.29, 1.82) is 0 Å². The van der Waals surface area contributed by atoms with Crippen LogP contribution in [-0.2, 0) is 4.79 Å². The summed E-state index contributed by atoms with van der Waals surface area (Å²) in [5.74, 6) is -9.45. The van der Waals surface area contributed by atoms with Gasteiger partial charge in [0.2, 0.25) is 5.91 Å². The Hall–Kier alpha value is -2.12. The first-order chi connectivity index (χ1) is 9.89. The Morgan fingerprint density at radius 2 is 1.32 bits per heavy atom. The van der Waals surface area contributed by atoms with Gasteiger partial charge >= 0.3 is 0 Å². The average molecular weight is 320 g/mol. The highest BCUT2D eigenvalue weighted by Crippen LogP contribution is 2.30. The summed E-state index contributed by atoms with van der Waals surface area (Å²) in [4.78, 5) is 24.1. The molecule has 0 aliphatic rings. The van der Waals surface area contributed by atoms with Crippen molar-refractivity contribution in [2.75, 3.05) is 19.4 Å². The van der Waals surface area contributed by atoms with Gasteiger partial charge in [-0.15, -0.1) is 0 Å². The number of hydrogen-bond acceptors (Lipinski definition) is 2. The Balaban J connectivity index is 3.48. The van der Waals surface area contributed by atoms with Gasteiger partial charge in [0.05, 0.1) is 0 Å². The molecule has 0 atom stereocenters. The van der Waals surface area contributed by atoms with Gasteiger partial charge in [-0.2, -0.15) is 0 Å². The molecule has 122 valence electrons. The molecule has 1 aromatic carbocycles. The molecule has 0 fully saturated rings. The van der Waals surface area contributed by atoms with Crippen molar-refractivity contribution in [1.82, 2.24) is 4.90 Å². The minimum Gasteiger partial charge on any atom is -0.345 e. The molecule has 8 heteroatoms. The number of halogens is 4. The lowest BCUT2D eigenvalue weighted by atomic mass is 9.95. The number of rotatable bonds is 2. The minimum absolute atomic E-state index is 0.772. The third kappa shape index (κ3) is 3.20. The van der Waals surface area contributed by atoms with E-state index in [1.165, 1.54) is 34.9 Å². The molecule has 22 heavy (non-hydrogen) atoms. The molecular weight excluding hydrogens is 304 g/mol. The molecule has 0 unspecified atom stereocenters. The van der Waals surface area contributed by atoms with Gasteiger partial charge in [0, 0.05) is 19.5 Å². The maximum Gasteiger partial charge on any atom is 0.259 e. The van der Waals surface area contributed by atoms with E-state index in [0.717, 1.165) is 4.90 Å². The molecule has 1 N–H and O–H groups in total. The summed E-state index contributed by atoms with van der Waals surface area (Å²) in [5.41, 5.74) is -3.65. The van der Waals surface area contributed by atoms with E-state index in [2.05, 4.69) is 0 Å². The van der Waals surface area contributed by atoms with Crippen LogP contribution >= 0.6 is 0 Å². The van der Waals surface area contributed by atoms with Gasteiger partial charge in [-0.3, -0.25) is 9.59 Å². The fourth-order valence-corrected chi connectivity index (χ4v) is 1.45. The van der Waals surface area contributed by atoms with E-state index < -0.39 is 51.7 Å². The zero-order valence-electron chi connectivity index (χ0n) is 12.8.